The molecule has 3 rings (SSSR count). The van der Waals surface area contributed by atoms with E-state index in [9.17, 15) is 18.7 Å². The molecule has 2 aromatic carbocycles. The Morgan fingerprint density at radius 3 is 2.52 bits per heavy atom. The fraction of sp³-hybridized carbons (Fsp3) is 0.316. The van der Waals surface area contributed by atoms with E-state index in [4.69, 9.17) is 4.74 Å². The molecule has 1 aliphatic rings. The summed E-state index contributed by atoms with van der Waals surface area (Å²) in [4.78, 5) is 12.0. The van der Waals surface area contributed by atoms with E-state index in [2.05, 4.69) is 5.32 Å². The van der Waals surface area contributed by atoms with Crippen LogP contribution in [0.4, 0.5) is 14.5 Å². The highest BCUT2D eigenvalue weighted by atomic mass is 19.2. The first kappa shape index (κ1) is 17.4. The van der Waals surface area contributed by atoms with Crippen molar-refractivity contribution >= 4 is 11.6 Å². The van der Waals surface area contributed by atoms with Gasteiger partial charge in [0, 0.05) is 5.69 Å². The fourth-order valence-corrected chi connectivity index (χ4v) is 2.88. The molecule has 4 nitrogen and oxygen atoms in total. The van der Waals surface area contributed by atoms with Gasteiger partial charge >= 0.3 is 0 Å². The number of hydrogen-bond donors (Lipinski definition) is 2. The number of rotatable bonds is 4. The number of anilines is 1. The number of ether oxygens (including phenoxy) is 1. The van der Waals surface area contributed by atoms with Gasteiger partial charge in [-0.3, -0.25) is 4.79 Å². The maximum Gasteiger partial charge on any atom is 0.258 e. The van der Waals surface area contributed by atoms with Crippen molar-refractivity contribution in [3.05, 3.63) is 59.7 Å². The molecule has 0 spiro atoms. The lowest BCUT2D eigenvalue weighted by Crippen LogP contribution is -2.34. The van der Waals surface area contributed by atoms with Crippen molar-refractivity contribution < 1.29 is 23.4 Å². The summed E-state index contributed by atoms with van der Waals surface area (Å²) < 4.78 is 32.6. The van der Waals surface area contributed by atoms with Crippen LogP contribution in [-0.4, -0.2) is 23.2 Å². The Bertz CT molecular complexity index is 749. The van der Waals surface area contributed by atoms with Crippen molar-refractivity contribution in [3.63, 3.8) is 0 Å². The van der Waals surface area contributed by atoms with E-state index < -0.39 is 23.6 Å². The van der Waals surface area contributed by atoms with Gasteiger partial charge in [-0.25, -0.2) is 8.78 Å². The fourth-order valence-electron chi connectivity index (χ4n) is 2.88. The van der Waals surface area contributed by atoms with E-state index in [1.54, 1.807) is 24.3 Å². The number of amides is 1. The van der Waals surface area contributed by atoms with Crippen LogP contribution in [0.25, 0.3) is 0 Å². The summed E-state index contributed by atoms with van der Waals surface area (Å²) in [6.07, 6.45) is 2.87. The zero-order chi connectivity index (χ0) is 17.8. The van der Waals surface area contributed by atoms with Crippen LogP contribution in [0, 0.1) is 11.6 Å². The van der Waals surface area contributed by atoms with Gasteiger partial charge in [0.1, 0.15) is 11.9 Å². The lowest BCUT2D eigenvalue weighted by Gasteiger charge is -2.28. The van der Waals surface area contributed by atoms with E-state index in [1.807, 2.05) is 0 Å². The van der Waals surface area contributed by atoms with Crippen LogP contribution in [0.3, 0.4) is 0 Å². The molecule has 1 fully saturated rings. The lowest BCUT2D eigenvalue weighted by molar-refractivity contribution is 0.00688. The smallest absolute Gasteiger partial charge is 0.258 e. The summed E-state index contributed by atoms with van der Waals surface area (Å²) in [6, 6.07) is 10.0. The minimum atomic E-state index is -1.17. The highest BCUT2D eigenvalue weighted by Gasteiger charge is 2.24. The maximum atomic E-state index is 13.6. The number of carbonyl (C=O) groups excluding carboxylic acids is 1. The molecule has 132 valence electrons. The predicted octanol–water partition coefficient (Wildman–Crippen LogP) is 3.90. The minimum Gasteiger partial charge on any atom is -0.488 e. The average molecular weight is 347 g/mol. The Kier molecular flexibility index (Phi) is 5.28. The van der Waals surface area contributed by atoms with E-state index >= 15 is 0 Å². The van der Waals surface area contributed by atoms with Gasteiger partial charge in [0.05, 0.1) is 11.7 Å². The van der Waals surface area contributed by atoms with Gasteiger partial charge in [0.2, 0.25) is 0 Å². The van der Waals surface area contributed by atoms with Crippen molar-refractivity contribution in [2.45, 2.75) is 37.9 Å². The van der Waals surface area contributed by atoms with Crippen molar-refractivity contribution in [2.75, 3.05) is 5.32 Å². The Morgan fingerprint density at radius 2 is 1.80 bits per heavy atom. The SMILES string of the molecule is O=C(Nc1ccc(OC2CCCCC2O)cc1)c1cccc(F)c1F. The number of halogens is 2. The topological polar surface area (TPSA) is 58.6 Å². The standard InChI is InChI=1S/C19H19F2NO3/c20-15-5-3-4-14(18(15)21)19(24)22-12-8-10-13(11-9-12)25-17-7-2-1-6-16(17)23/h3-5,8-11,16-17,23H,1-2,6-7H2,(H,22,24). The normalized spacial score (nSPS) is 20.1. The molecule has 0 saturated heterocycles. The Hall–Kier alpha value is -2.47. The Labute approximate surface area is 144 Å². The van der Waals surface area contributed by atoms with Crippen molar-refractivity contribution in [2.24, 2.45) is 0 Å². The number of hydrogen-bond acceptors (Lipinski definition) is 3. The molecule has 2 atom stereocenters. The van der Waals surface area contributed by atoms with Gasteiger partial charge in [0.25, 0.3) is 5.91 Å². The van der Waals surface area contributed by atoms with E-state index in [0.717, 1.165) is 31.7 Å². The molecule has 6 heteroatoms. The molecule has 25 heavy (non-hydrogen) atoms. The molecule has 2 N–H and O–H groups in total. The number of nitrogens with one attached hydrogen (secondary N) is 1. The molecule has 0 aromatic heterocycles. The molecule has 1 amide bonds. The summed E-state index contributed by atoms with van der Waals surface area (Å²) in [5.74, 6) is -2.39. The van der Waals surface area contributed by atoms with Gasteiger partial charge < -0.3 is 15.2 Å². The highest BCUT2D eigenvalue weighted by Crippen LogP contribution is 2.25. The van der Waals surface area contributed by atoms with Crippen LogP contribution in [0.2, 0.25) is 0 Å². The number of aliphatic hydroxyl groups is 1. The zero-order valence-electron chi connectivity index (χ0n) is 13.5. The zero-order valence-corrected chi connectivity index (χ0v) is 13.5. The molecule has 0 bridgehead atoms. The average Bonchev–Trinajstić information content (AvgIpc) is 2.61. The second kappa shape index (κ2) is 7.61. The largest absolute Gasteiger partial charge is 0.488 e. The third kappa shape index (κ3) is 4.14. The van der Waals surface area contributed by atoms with Crippen molar-refractivity contribution in [1.29, 1.82) is 0 Å². The predicted molar refractivity (Wildman–Crippen MR) is 89.6 cm³/mol. The number of carbonyl (C=O) groups is 1. The Balaban J connectivity index is 1.64. The summed E-state index contributed by atoms with van der Waals surface area (Å²) >= 11 is 0. The number of benzene rings is 2. The van der Waals surface area contributed by atoms with Crippen LogP contribution in [0.5, 0.6) is 5.75 Å². The highest BCUT2D eigenvalue weighted by molar-refractivity contribution is 6.04. The third-order valence-electron chi connectivity index (χ3n) is 4.26. The number of aliphatic hydroxyl groups excluding tert-OH is 1. The molecule has 2 aromatic rings. The quantitative estimate of drug-likeness (QED) is 0.882. The second-order valence-electron chi connectivity index (χ2n) is 6.09. The Morgan fingerprint density at radius 1 is 1.08 bits per heavy atom. The van der Waals surface area contributed by atoms with Gasteiger partial charge in [-0.1, -0.05) is 12.5 Å². The summed E-state index contributed by atoms with van der Waals surface area (Å²) in [7, 11) is 0. The van der Waals surface area contributed by atoms with Crippen LogP contribution in [0.1, 0.15) is 36.0 Å². The first-order valence-electron chi connectivity index (χ1n) is 8.25. The van der Waals surface area contributed by atoms with Crippen LogP contribution >= 0.6 is 0 Å². The molecular formula is C19H19F2NO3. The molecule has 0 radical (unpaired) electrons. The van der Waals surface area contributed by atoms with Crippen molar-refractivity contribution in [1.82, 2.24) is 0 Å². The van der Waals surface area contributed by atoms with Crippen molar-refractivity contribution in [3.8, 4) is 5.75 Å². The van der Waals surface area contributed by atoms with Gasteiger partial charge in [-0.15, -0.1) is 0 Å². The summed E-state index contributed by atoms with van der Waals surface area (Å²) in [5.41, 5.74) is 0.0795. The van der Waals surface area contributed by atoms with Crippen LogP contribution < -0.4 is 10.1 Å². The maximum absolute atomic E-state index is 13.6. The van der Waals surface area contributed by atoms with Gasteiger partial charge in [0.15, 0.2) is 11.6 Å². The molecular weight excluding hydrogens is 328 g/mol. The van der Waals surface area contributed by atoms with E-state index in [-0.39, 0.29) is 11.7 Å². The first-order chi connectivity index (χ1) is 12.0. The minimum absolute atomic E-state index is 0.226. The van der Waals surface area contributed by atoms with E-state index in [1.165, 1.54) is 12.1 Å². The third-order valence-corrected chi connectivity index (χ3v) is 4.26. The van der Waals surface area contributed by atoms with E-state index in [0.29, 0.717) is 11.4 Å². The molecule has 2 unspecified atom stereocenters. The van der Waals surface area contributed by atoms with Gasteiger partial charge in [-0.2, -0.15) is 0 Å². The molecule has 1 saturated carbocycles. The lowest BCUT2D eigenvalue weighted by atomic mass is 9.95. The molecule has 0 aliphatic heterocycles. The van der Waals surface area contributed by atoms with Crippen LogP contribution in [0.15, 0.2) is 42.5 Å². The van der Waals surface area contributed by atoms with Gasteiger partial charge in [-0.05, 0) is 55.7 Å². The van der Waals surface area contributed by atoms with Crippen LogP contribution in [-0.2, 0) is 0 Å². The monoisotopic (exact) mass is 347 g/mol. The molecule has 1 aliphatic carbocycles. The first-order valence-corrected chi connectivity index (χ1v) is 8.25. The summed E-state index contributed by atoms with van der Waals surface area (Å²) in [5, 5.41) is 12.4. The second-order valence-corrected chi connectivity index (χ2v) is 6.09. The summed E-state index contributed by atoms with van der Waals surface area (Å²) in [6.45, 7) is 0. The molecule has 0 heterocycles.